The molecule has 1 saturated carbocycles. The largest absolute Gasteiger partial charge is 0.464 e. The number of sulfonamides is 1. The van der Waals surface area contributed by atoms with Gasteiger partial charge in [-0.1, -0.05) is 84.9 Å². The molecule has 332 valence electrons. The van der Waals surface area contributed by atoms with E-state index < -0.39 is 92.7 Å². The number of carbonyl (C=O) groups is 4. The van der Waals surface area contributed by atoms with Crippen LogP contribution in [-0.4, -0.2) is 109 Å². The van der Waals surface area contributed by atoms with Crippen molar-refractivity contribution in [3.8, 4) is 11.1 Å². The molecule has 5 rings (SSSR count). The Hall–Kier alpha value is -5.91. The van der Waals surface area contributed by atoms with Gasteiger partial charge in [0.1, 0.15) is 28.8 Å². The van der Waals surface area contributed by atoms with Crippen molar-refractivity contribution >= 4 is 33.9 Å². The van der Waals surface area contributed by atoms with E-state index in [4.69, 9.17) is 14.2 Å². The lowest BCUT2D eigenvalue weighted by atomic mass is 9.89. The van der Waals surface area contributed by atoms with E-state index in [1.54, 1.807) is 33.8 Å². The Labute approximate surface area is 362 Å². The molecule has 0 spiro atoms. The minimum Gasteiger partial charge on any atom is -0.464 e. The Kier molecular flexibility index (Phi) is 14.8. The van der Waals surface area contributed by atoms with Crippen LogP contribution in [0, 0.1) is 16.0 Å². The summed E-state index contributed by atoms with van der Waals surface area (Å²) in [4.78, 5) is 69.3. The monoisotopic (exact) mass is 873 g/mol. The van der Waals surface area contributed by atoms with Crippen LogP contribution < -0.4 is 10.6 Å². The van der Waals surface area contributed by atoms with Gasteiger partial charge in [-0.15, -0.1) is 13.2 Å². The Bertz CT molecular complexity index is 2230. The van der Waals surface area contributed by atoms with Crippen molar-refractivity contribution in [3.63, 3.8) is 0 Å². The molecule has 2 N–H and O–H groups in total. The van der Waals surface area contributed by atoms with Crippen LogP contribution in [0.5, 0.6) is 0 Å². The molecule has 3 aromatic rings. The highest BCUT2D eigenvalue weighted by Crippen LogP contribution is 2.47. The molecule has 0 aromatic heterocycles. The summed E-state index contributed by atoms with van der Waals surface area (Å²) >= 11 is 0. The van der Waals surface area contributed by atoms with Crippen molar-refractivity contribution in [2.45, 2.75) is 86.7 Å². The van der Waals surface area contributed by atoms with E-state index in [0.717, 1.165) is 15.4 Å². The molecular formula is C45H55N5O11S. The second kappa shape index (κ2) is 19.4. The van der Waals surface area contributed by atoms with Gasteiger partial charge in [0.25, 0.3) is 0 Å². The fourth-order valence-electron chi connectivity index (χ4n) is 7.68. The number of hydrogen-bond acceptors (Lipinski definition) is 11. The van der Waals surface area contributed by atoms with Crippen LogP contribution in [0.25, 0.3) is 11.1 Å². The Balaban J connectivity index is 1.62. The maximum Gasteiger partial charge on any atom is 0.408 e. The number of benzene rings is 3. The van der Waals surface area contributed by atoms with Crippen molar-refractivity contribution in [2.24, 2.45) is 5.92 Å². The molecule has 62 heavy (non-hydrogen) atoms. The maximum atomic E-state index is 15.3. The first kappa shape index (κ1) is 47.1. The predicted octanol–water partition coefficient (Wildman–Crippen LogP) is 5.23. The molecule has 1 aliphatic heterocycles. The normalized spacial score (nSPS) is 21.9. The number of nitro groups is 1. The van der Waals surface area contributed by atoms with E-state index in [1.807, 2.05) is 54.6 Å². The van der Waals surface area contributed by atoms with Crippen molar-refractivity contribution in [1.82, 2.24) is 19.8 Å². The van der Waals surface area contributed by atoms with E-state index in [1.165, 1.54) is 48.4 Å². The molecule has 1 heterocycles. The molecule has 3 aromatic carbocycles. The van der Waals surface area contributed by atoms with Gasteiger partial charge >= 0.3 is 12.1 Å². The van der Waals surface area contributed by atoms with Gasteiger partial charge in [0.15, 0.2) is 0 Å². The summed E-state index contributed by atoms with van der Waals surface area (Å²) in [5, 5.41) is 17.6. The number of nitrogens with zero attached hydrogens (tertiary/aromatic N) is 3. The van der Waals surface area contributed by atoms with Crippen molar-refractivity contribution in [3.05, 3.63) is 126 Å². The van der Waals surface area contributed by atoms with E-state index >= 15 is 4.79 Å². The van der Waals surface area contributed by atoms with Gasteiger partial charge in [-0.2, -0.15) is 4.31 Å². The van der Waals surface area contributed by atoms with Crippen LogP contribution in [-0.2, 0) is 44.2 Å². The molecular weight excluding hydrogens is 819 g/mol. The lowest BCUT2D eigenvalue weighted by Crippen LogP contribution is -2.59. The molecule has 6 atom stereocenters. The molecule has 3 amide bonds. The number of esters is 1. The minimum absolute atomic E-state index is 0.0463. The van der Waals surface area contributed by atoms with E-state index in [0.29, 0.717) is 5.56 Å². The Morgan fingerprint density at radius 2 is 1.58 bits per heavy atom. The molecule has 2 fully saturated rings. The van der Waals surface area contributed by atoms with Crippen molar-refractivity contribution in [1.29, 1.82) is 0 Å². The number of methoxy groups -OCH3 is 1. The molecule has 2 aliphatic rings. The average molecular weight is 874 g/mol. The topological polar surface area (TPSA) is 204 Å². The van der Waals surface area contributed by atoms with Gasteiger partial charge in [0, 0.05) is 37.3 Å². The fourth-order valence-corrected chi connectivity index (χ4v) is 9.19. The Morgan fingerprint density at radius 3 is 2.11 bits per heavy atom. The van der Waals surface area contributed by atoms with Crippen molar-refractivity contribution < 1.29 is 46.7 Å². The van der Waals surface area contributed by atoms with Crippen LogP contribution in [0.2, 0.25) is 0 Å². The number of ether oxygens (including phenoxy) is 3. The van der Waals surface area contributed by atoms with Gasteiger partial charge in [-0.3, -0.25) is 19.7 Å². The van der Waals surface area contributed by atoms with E-state index in [2.05, 4.69) is 23.8 Å². The highest BCUT2D eigenvalue weighted by molar-refractivity contribution is 7.89. The average Bonchev–Trinajstić information content (AvgIpc) is 3.82. The highest BCUT2D eigenvalue weighted by Gasteiger charge is 2.63. The fraction of sp³-hybridized carbons (Fsp3) is 0.422. The van der Waals surface area contributed by atoms with Crippen LogP contribution in [0.4, 0.5) is 4.79 Å². The first-order valence-electron chi connectivity index (χ1n) is 20.3. The van der Waals surface area contributed by atoms with Gasteiger partial charge in [0.05, 0.1) is 24.6 Å². The Morgan fingerprint density at radius 1 is 0.968 bits per heavy atom. The van der Waals surface area contributed by atoms with Crippen LogP contribution in [0.3, 0.4) is 0 Å². The highest BCUT2D eigenvalue weighted by atomic mass is 32.2. The second-order valence-electron chi connectivity index (χ2n) is 16.4. The summed E-state index contributed by atoms with van der Waals surface area (Å²) in [6.45, 7) is 12.1. The molecule has 17 heteroatoms. The summed E-state index contributed by atoms with van der Waals surface area (Å²) < 4.78 is 46.5. The third-order valence-corrected chi connectivity index (χ3v) is 12.9. The molecule has 16 nitrogen and oxygen atoms in total. The zero-order valence-electron chi connectivity index (χ0n) is 35.7. The molecule has 1 saturated heterocycles. The molecule has 0 bridgehead atoms. The summed E-state index contributed by atoms with van der Waals surface area (Å²) in [6, 6.07) is 19.6. The standard InChI is InChI=1S/C45H55N5O11S/c1-8-17-35(50(55)56)28-48(62(57,58)36-20-15-12-16-21-36)29-37(46-42(54)61-43(4,5)6)40(52)49-30-44(59-7,34-24-22-32(23-25-34)31-18-13-11-14-19-31)27-38(49)39(51)47-45(26-33(45)9-2)41(53)60-10-3/h8-9,11-16,18-25,33,35,37-38H,1-2,10,17,26-30H2,3-7H3,(H,46,54)(H,47,51)/t33-,35+,37?,38+,44+,45-/m1/s1. The maximum absolute atomic E-state index is 15.3. The van der Waals surface area contributed by atoms with Gasteiger partial charge in [-0.05, 0) is 62.9 Å². The van der Waals surface area contributed by atoms with Crippen LogP contribution in [0.15, 0.2) is 115 Å². The minimum atomic E-state index is -4.57. The van der Waals surface area contributed by atoms with Gasteiger partial charge in [0.2, 0.25) is 27.9 Å². The summed E-state index contributed by atoms with van der Waals surface area (Å²) in [6.07, 6.45) is 1.59. The van der Waals surface area contributed by atoms with Crippen LogP contribution in [0.1, 0.15) is 52.5 Å². The smallest absolute Gasteiger partial charge is 0.408 e. The number of likely N-dealkylation sites (tertiary alicyclic amines) is 1. The quantitative estimate of drug-likeness (QED) is 0.0692. The first-order valence-corrected chi connectivity index (χ1v) is 21.7. The lowest BCUT2D eigenvalue weighted by Gasteiger charge is -2.33. The number of hydrogen-bond donors (Lipinski definition) is 2. The van der Waals surface area contributed by atoms with E-state index in [9.17, 15) is 32.9 Å². The summed E-state index contributed by atoms with van der Waals surface area (Å²) in [7, 11) is -3.14. The number of amides is 3. The van der Waals surface area contributed by atoms with Gasteiger partial charge < -0.3 is 29.7 Å². The second-order valence-corrected chi connectivity index (χ2v) is 18.3. The predicted molar refractivity (Wildman–Crippen MR) is 230 cm³/mol. The van der Waals surface area contributed by atoms with E-state index in [-0.39, 0.29) is 37.3 Å². The number of rotatable bonds is 19. The van der Waals surface area contributed by atoms with Crippen molar-refractivity contribution in [2.75, 3.05) is 33.4 Å². The summed E-state index contributed by atoms with van der Waals surface area (Å²) in [5.41, 5.74) is -1.39. The molecule has 1 aliphatic carbocycles. The number of carbonyl (C=O) groups excluding carboxylic acids is 4. The number of alkyl carbamates (subject to hydrolysis) is 1. The molecule has 1 unspecified atom stereocenters. The first-order chi connectivity index (χ1) is 29.3. The molecule has 0 radical (unpaired) electrons. The van der Waals surface area contributed by atoms with Crippen LogP contribution >= 0.6 is 0 Å². The SMILES string of the molecule is C=CC[C@@H](CN(CC(NC(=O)OC(C)(C)C)C(=O)N1C[C@](OC)(c2ccc(-c3ccccc3)cc2)C[C@H]1C(=O)N[C@]1(C(=O)OCC)C[C@H]1C=C)S(=O)(=O)c1ccccc1)[N+](=O)[O-]. The third kappa shape index (κ3) is 10.6. The zero-order valence-corrected chi connectivity index (χ0v) is 36.5. The summed E-state index contributed by atoms with van der Waals surface area (Å²) in [5.74, 6) is -2.79. The van der Waals surface area contributed by atoms with Gasteiger partial charge in [-0.25, -0.2) is 18.0 Å². The number of nitrogens with one attached hydrogen (secondary N) is 2. The lowest BCUT2D eigenvalue weighted by molar-refractivity contribution is -0.521. The zero-order chi connectivity index (χ0) is 45.5. The third-order valence-electron chi connectivity index (χ3n) is 11.0.